The molecule has 1 aromatic heterocycles. The molecule has 1 saturated carbocycles. The molecule has 1 atom stereocenters. The summed E-state index contributed by atoms with van der Waals surface area (Å²) in [6.07, 6.45) is 3.54. The fourth-order valence-electron chi connectivity index (χ4n) is 4.65. The molecule has 3 aromatic carbocycles. The number of benzene rings is 3. The summed E-state index contributed by atoms with van der Waals surface area (Å²) < 4.78 is 13.2. The van der Waals surface area contributed by atoms with Crippen LogP contribution in [0.5, 0.6) is 0 Å². The summed E-state index contributed by atoms with van der Waals surface area (Å²) in [4.78, 5) is 33.9. The Kier molecular flexibility index (Phi) is 6.36. The lowest BCUT2D eigenvalue weighted by Gasteiger charge is -2.31. The van der Waals surface area contributed by atoms with E-state index in [0.29, 0.717) is 17.0 Å². The molecule has 5 rings (SSSR count). The molecule has 0 saturated heterocycles. The first-order chi connectivity index (χ1) is 17.0. The predicted octanol–water partition coefficient (Wildman–Crippen LogP) is 5.69. The molecule has 176 valence electrons. The minimum atomic E-state index is -0.311. The van der Waals surface area contributed by atoms with Crippen LogP contribution in [0, 0.1) is 17.7 Å². The fourth-order valence-corrected chi connectivity index (χ4v) is 4.65. The maximum atomic E-state index is 13.2. The van der Waals surface area contributed by atoms with Gasteiger partial charge in [0.1, 0.15) is 12.1 Å². The summed E-state index contributed by atoms with van der Waals surface area (Å²) in [5, 5.41) is 2.97. The van der Waals surface area contributed by atoms with Crippen molar-refractivity contribution in [2.75, 3.05) is 0 Å². The van der Waals surface area contributed by atoms with Gasteiger partial charge in [-0.15, -0.1) is 0 Å². The maximum absolute atomic E-state index is 13.2. The van der Waals surface area contributed by atoms with Crippen LogP contribution in [-0.2, 0) is 11.2 Å². The van der Waals surface area contributed by atoms with Crippen LogP contribution in [0.15, 0.2) is 72.8 Å². The molecule has 0 bridgehead atoms. The third-order valence-electron chi connectivity index (χ3n) is 6.71. The molecule has 5 nitrogen and oxygen atoms in total. The molecule has 1 fully saturated rings. The molecule has 0 aliphatic heterocycles. The highest BCUT2D eigenvalue weighted by atomic mass is 19.1. The summed E-state index contributed by atoms with van der Waals surface area (Å²) in [6.45, 7) is 1.86. The number of aromatic nitrogens is 2. The van der Waals surface area contributed by atoms with E-state index in [1.54, 1.807) is 24.3 Å². The number of hydrogen-bond acceptors (Lipinski definition) is 4. The van der Waals surface area contributed by atoms with E-state index in [2.05, 4.69) is 5.32 Å². The van der Waals surface area contributed by atoms with E-state index in [1.165, 1.54) is 12.1 Å². The van der Waals surface area contributed by atoms with Gasteiger partial charge in [-0.3, -0.25) is 4.79 Å². The average molecular weight is 468 g/mol. The van der Waals surface area contributed by atoms with E-state index < -0.39 is 0 Å². The van der Waals surface area contributed by atoms with Gasteiger partial charge in [-0.1, -0.05) is 42.5 Å². The third kappa shape index (κ3) is 4.97. The number of halogens is 1. The number of hydrogen-bond donors (Lipinski definition) is 1. The average Bonchev–Trinajstić information content (AvgIpc) is 2.86. The van der Waals surface area contributed by atoms with Crippen molar-refractivity contribution in [2.45, 2.75) is 32.2 Å². The highest BCUT2D eigenvalue weighted by molar-refractivity contribution is 5.97. The molecule has 1 aliphatic carbocycles. The van der Waals surface area contributed by atoms with E-state index in [-0.39, 0.29) is 23.7 Å². The molecular formula is C29H26FN3O2. The van der Waals surface area contributed by atoms with Gasteiger partial charge in [0.15, 0.2) is 0 Å². The molecular weight excluding hydrogens is 441 g/mol. The third-order valence-corrected chi connectivity index (χ3v) is 6.71. The van der Waals surface area contributed by atoms with Gasteiger partial charge in [0.25, 0.3) is 5.91 Å². The van der Waals surface area contributed by atoms with Crippen molar-refractivity contribution in [1.82, 2.24) is 15.3 Å². The number of fused-ring (bicyclic) bond motifs is 1. The van der Waals surface area contributed by atoms with E-state index in [0.717, 1.165) is 53.6 Å². The van der Waals surface area contributed by atoms with Crippen molar-refractivity contribution >= 4 is 23.2 Å². The Morgan fingerprint density at radius 3 is 2.49 bits per heavy atom. The van der Waals surface area contributed by atoms with Crippen LogP contribution in [0.1, 0.15) is 47.4 Å². The quantitative estimate of drug-likeness (QED) is 0.354. The Morgan fingerprint density at radius 1 is 1.03 bits per heavy atom. The number of rotatable bonds is 7. The lowest BCUT2D eigenvalue weighted by atomic mass is 9.73. The second-order valence-electron chi connectivity index (χ2n) is 9.27. The number of nitrogens with one attached hydrogen (secondary N) is 1. The monoisotopic (exact) mass is 467 g/mol. The molecule has 1 heterocycles. The molecule has 35 heavy (non-hydrogen) atoms. The van der Waals surface area contributed by atoms with Crippen molar-refractivity contribution in [2.24, 2.45) is 11.8 Å². The molecule has 1 aliphatic rings. The Labute approximate surface area is 203 Å². The number of nitrogens with zero attached hydrogens (tertiary/aromatic N) is 2. The molecule has 0 radical (unpaired) electrons. The summed E-state index contributed by atoms with van der Waals surface area (Å²) >= 11 is 0. The molecule has 4 aromatic rings. The molecule has 0 spiro atoms. The number of amides is 1. The topological polar surface area (TPSA) is 72.0 Å². The van der Waals surface area contributed by atoms with Gasteiger partial charge in [-0.25, -0.2) is 14.4 Å². The van der Waals surface area contributed by atoms with Crippen LogP contribution in [0.2, 0.25) is 0 Å². The molecule has 1 N–H and O–H groups in total. The maximum Gasteiger partial charge on any atom is 0.251 e. The minimum Gasteiger partial charge on any atom is -0.346 e. The van der Waals surface area contributed by atoms with E-state index in [9.17, 15) is 14.0 Å². The van der Waals surface area contributed by atoms with Crippen LogP contribution in [0.3, 0.4) is 0 Å². The van der Waals surface area contributed by atoms with E-state index in [1.807, 2.05) is 43.3 Å². The Hall–Kier alpha value is -3.93. The zero-order valence-corrected chi connectivity index (χ0v) is 19.4. The number of carbonyl (C=O) groups excluding carboxylic acids is 2. The van der Waals surface area contributed by atoms with E-state index >= 15 is 0 Å². The van der Waals surface area contributed by atoms with Crippen LogP contribution in [0.4, 0.5) is 4.39 Å². The van der Waals surface area contributed by atoms with Gasteiger partial charge in [0.05, 0.1) is 28.5 Å². The van der Waals surface area contributed by atoms with Crippen LogP contribution >= 0.6 is 0 Å². The Balaban J connectivity index is 1.44. The molecule has 6 heteroatoms. The highest BCUT2D eigenvalue weighted by Crippen LogP contribution is 2.36. The summed E-state index contributed by atoms with van der Waals surface area (Å²) in [5.74, 6) is 0.0103. The van der Waals surface area contributed by atoms with Crippen LogP contribution in [0.25, 0.3) is 22.3 Å². The van der Waals surface area contributed by atoms with Crippen LogP contribution < -0.4 is 5.32 Å². The van der Waals surface area contributed by atoms with Gasteiger partial charge < -0.3 is 10.1 Å². The fraction of sp³-hybridized carbons (Fsp3) is 0.241. The SMILES string of the molecule is C[C@@H](NC(=O)c1ccc2nc(-c3ccccc3)c(CC3CC(C=O)C3)nc2c1)c1ccc(F)cc1. The van der Waals surface area contributed by atoms with Crippen molar-refractivity contribution in [3.05, 3.63) is 95.4 Å². The van der Waals surface area contributed by atoms with Gasteiger partial charge in [0, 0.05) is 17.0 Å². The summed E-state index contributed by atoms with van der Waals surface area (Å²) in [6, 6.07) is 21.1. The first kappa shape index (κ1) is 22.8. The van der Waals surface area contributed by atoms with Crippen LogP contribution in [-0.4, -0.2) is 22.2 Å². The first-order valence-corrected chi connectivity index (χ1v) is 11.9. The van der Waals surface area contributed by atoms with Crippen molar-refractivity contribution in [1.29, 1.82) is 0 Å². The van der Waals surface area contributed by atoms with Gasteiger partial charge in [-0.2, -0.15) is 0 Å². The van der Waals surface area contributed by atoms with Crippen molar-refractivity contribution < 1.29 is 14.0 Å². The normalized spacial score (nSPS) is 18.0. The van der Waals surface area contributed by atoms with Crippen molar-refractivity contribution in [3.8, 4) is 11.3 Å². The zero-order valence-electron chi connectivity index (χ0n) is 19.4. The summed E-state index contributed by atoms with van der Waals surface area (Å²) in [5.41, 5.74) is 5.42. The standard InChI is InChI=1S/C29H26FN3O2/c1-18(21-7-10-24(30)11-8-21)31-29(35)23-9-12-25-26(16-23)32-27(15-19-13-20(14-19)17-34)28(33-25)22-5-3-2-4-6-22/h2-12,16-20H,13-15H2,1H3,(H,31,35)/t18-,19?,20?/m1/s1. The number of aldehydes is 1. The van der Waals surface area contributed by atoms with E-state index in [4.69, 9.17) is 9.97 Å². The van der Waals surface area contributed by atoms with Gasteiger partial charge >= 0.3 is 0 Å². The first-order valence-electron chi connectivity index (χ1n) is 11.9. The van der Waals surface area contributed by atoms with Crippen molar-refractivity contribution in [3.63, 3.8) is 0 Å². The second kappa shape index (κ2) is 9.74. The lowest BCUT2D eigenvalue weighted by Crippen LogP contribution is -2.27. The highest BCUT2D eigenvalue weighted by Gasteiger charge is 2.30. The zero-order chi connectivity index (χ0) is 24.4. The minimum absolute atomic E-state index is 0.145. The smallest absolute Gasteiger partial charge is 0.251 e. The second-order valence-corrected chi connectivity index (χ2v) is 9.27. The Bertz CT molecular complexity index is 1370. The largest absolute Gasteiger partial charge is 0.346 e. The molecule has 1 amide bonds. The lowest BCUT2D eigenvalue weighted by molar-refractivity contribution is -0.114. The molecule has 0 unspecified atom stereocenters. The predicted molar refractivity (Wildman–Crippen MR) is 133 cm³/mol. The Morgan fingerprint density at radius 2 is 1.77 bits per heavy atom. The van der Waals surface area contributed by atoms with Gasteiger partial charge in [0.2, 0.25) is 0 Å². The van der Waals surface area contributed by atoms with Gasteiger partial charge in [-0.05, 0) is 68.0 Å². The number of carbonyl (C=O) groups is 2. The summed E-state index contributed by atoms with van der Waals surface area (Å²) in [7, 11) is 0.